The molecule has 0 unspecified atom stereocenters. The van der Waals surface area contributed by atoms with Crippen LogP contribution in [0.3, 0.4) is 0 Å². The van der Waals surface area contributed by atoms with Crippen LogP contribution in [0.5, 0.6) is 0 Å². The van der Waals surface area contributed by atoms with E-state index < -0.39 is 0 Å². The highest BCUT2D eigenvalue weighted by Crippen LogP contribution is 2.20. The van der Waals surface area contributed by atoms with Gasteiger partial charge in [-0.1, -0.05) is 11.3 Å². The van der Waals surface area contributed by atoms with E-state index >= 15 is 0 Å². The van der Waals surface area contributed by atoms with Crippen molar-refractivity contribution >= 4 is 22.4 Å². The molecule has 4 nitrogen and oxygen atoms in total. The van der Waals surface area contributed by atoms with Gasteiger partial charge in [-0.25, -0.2) is 4.98 Å². The van der Waals surface area contributed by atoms with Gasteiger partial charge in [-0.2, -0.15) is 0 Å². The Hall–Kier alpha value is -1.10. The third-order valence-electron chi connectivity index (χ3n) is 1.83. The molecule has 0 aromatic carbocycles. The second-order valence-corrected chi connectivity index (χ2v) is 3.82. The van der Waals surface area contributed by atoms with Gasteiger partial charge in [-0.3, -0.25) is 4.79 Å². The van der Waals surface area contributed by atoms with E-state index in [-0.39, 0.29) is 5.91 Å². The van der Waals surface area contributed by atoms with E-state index in [1.807, 2.05) is 6.92 Å². The predicted molar refractivity (Wildman–Crippen MR) is 53.9 cm³/mol. The molecule has 0 aliphatic heterocycles. The lowest BCUT2D eigenvalue weighted by atomic mass is 10.3. The summed E-state index contributed by atoms with van der Waals surface area (Å²) >= 11 is 1.24. The van der Waals surface area contributed by atoms with Crippen molar-refractivity contribution in [1.82, 2.24) is 9.88 Å². The molecule has 1 rings (SSSR count). The molecule has 0 atom stereocenters. The molecule has 72 valence electrons. The molecule has 1 aromatic rings. The average molecular weight is 199 g/mol. The van der Waals surface area contributed by atoms with Crippen LogP contribution in [0, 0.1) is 6.92 Å². The number of carbonyl (C=O) groups excluding carboxylic acids is 1. The summed E-state index contributed by atoms with van der Waals surface area (Å²) in [4.78, 5) is 17.9. The highest BCUT2D eigenvalue weighted by Gasteiger charge is 2.16. The van der Waals surface area contributed by atoms with Crippen LogP contribution in [0.1, 0.15) is 22.3 Å². The fourth-order valence-electron chi connectivity index (χ4n) is 0.933. The summed E-state index contributed by atoms with van der Waals surface area (Å²) < 4.78 is 0. The number of thiazole rings is 1. The van der Waals surface area contributed by atoms with Crippen molar-refractivity contribution in [1.29, 1.82) is 0 Å². The summed E-state index contributed by atoms with van der Waals surface area (Å²) in [5.74, 6) is -0.00537. The van der Waals surface area contributed by atoms with Crippen LogP contribution in [0.4, 0.5) is 5.13 Å². The highest BCUT2D eigenvalue weighted by atomic mass is 32.1. The van der Waals surface area contributed by atoms with E-state index in [2.05, 4.69) is 4.98 Å². The molecule has 0 bridgehead atoms. The number of nitrogen functional groups attached to an aromatic ring is 1. The van der Waals surface area contributed by atoms with Crippen molar-refractivity contribution in [2.24, 2.45) is 0 Å². The number of anilines is 1. The first kappa shape index (κ1) is 9.98. The van der Waals surface area contributed by atoms with Gasteiger partial charge in [-0.05, 0) is 13.8 Å². The molecular formula is C8H13N3OS. The van der Waals surface area contributed by atoms with E-state index in [4.69, 9.17) is 5.73 Å². The first-order valence-corrected chi connectivity index (χ1v) is 4.86. The van der Waals surface area contributed by atoms with Gasteiger partial charge >= 0.3 is 0 Å². The maximum Gasteiger partial charge on any atom is 0.265 e. The summed E-state index contributed by atoms with van der Waals surface area (Å²) in [7, 11) is 1.76. The molecule has 2 N–H and O–H groups in total. The minimum atomic E-state index is -0.00537. The number of aromatic nitrogens is 1. The summed E-state index contributed by atoms with van der Waals surface area (Å²) in [6, 6.07) is 0. The SMILES string of the molecule is CCN(C)C(=O)c1sc(N)nc1C. The van der Waals surface area contributed by atoms with Crippen LogP contribution in [-0.4, -0.2) is 29.4 Å². The molecule has 0 aliphatic rings. The lowest BCUT2D eigenvalue weighted by Gasteiger charge is -2.12. The second kappa shape index (κ2) is 3.74. The Morgan fingerprint density at radius 1 is 1.69 bits per heavy atom. The first-order valence-electron chi connectivity index (χ1n) is 4.04. The maximum absolute atomic E-state index is 11.7. The zero-order valence-electron chi connectivity index (χ0n) is 8.00. The van der Waals surface area contributed by atoms with Gasteiger partial charge in [-0.15, -0.1) is 0 Å². The monoisotopic (exact) mass is 199 g/mol. The van der Waals surface area contributed by atoms with E-state index in [0.29, 0.717) is 22.2 Å². The predicted octanol–water partition coefficient (Wildman–Crippen LogP) is 1.13. The van der Waals surface area contributed by atoms with Crippen molar-refractivity contribution in [2.75, 3.05) is 19.3 Å². The van der Waals surface area contributed by atoms with E-state index in [0.717, 1.165) is 0 Å². The first-order chi connectivity index (χ1) is 6.06. The van der Waals surface area contributed by atoms with Crippen molar-refractivity contribution in [3.8, 4) is 0 Å². The number of hydrogen-bond donors (Lipinski definition) is 1. The molecule has 0 radical (unpaired) electrons. The normalized spacial score (nSPS) is 10.1. The second-order valence-electron chi connectivity index (χ2n) is 2.79. The Morgan fingerprint density at radius 2 is 2.31 bits per heavy atom. The number of hydrogen-bond acceptors (Lipinski definition) is 4. The lowest BCUT2D eigenvalue weighted by molar-refractivity contribution is 0.0806. The van der Waals surface area contributed by atoms with Crippen LogP contribution < -0.4 is 5.73 Å². The third kappa shape index (κ3) is 1.98. The number of nitrogens with two attached hydrogens (primary N) is 1. The molecule has 0 saturated heterocycles. The Morgan fingerprint density at radius 3 is 2.69 bits per heavy atom. The van der Waals surface area contributed by atoms with Crippen molar-refractivity contribution in [2.45, 2.75) is 13.8 Å². The van der Waals surface area contributed by atoms with Crippen LogP contribution in [0.15, 0.2) is 0 Å². The molecule has 1 amide bonds. The quantitative estimate of drug-likeness (QED) is 0.776. The summed E-state index contributed by atoms with van der Waals surface area (Å²) in [5.41, 5.74) is 6.21. The standard InChI is InChI=1S/C8H13N3OS/c1-4-11(3)7(12)6-5(2)10-8(9)13-6/h4H2,1-3H3,(H2,9,10). The Bertz CT molecular complexity index is 321. The third-order valence-corrected chi connectivity index (χ3v) is 2.80. The number of nitrogens with zero attached hydrogens (tertiary/aromatic N) is 2. The number of rotatable bonds is 2. The summed E-state index contributed by atoms with van der Waals surface area (Å²) in [5, 5.41) is 0.449. The molecule has 1 aromatic heterocycles. The van der Waals surface area contributed by atoms with E-state index in [1.165, 1.54) is 11.3 Å². The Labute approximate surface area is 81.4 Å². The fourth-order valence-corrected chi connectivity index (χ4v) is 1.76. The number of amides is 1. The van der Waals surface area contributed by atoms with Crippen molar-refractivity contribution in [3.05, 3.63) is 10.6 Å². The van der Waals surface area contributed by atoms with Gasteiger partial charge < -0.3 is 10.6 Å². The molecule has 0 aliphatic carbocycles. The Balaban J connectivity index is 2.94. The van der Waals surface area contributed by atoms with Crippen LogP contribution in [-0.2, 0) is 0 Å². The van der Waals surface area contributed by atoms with Gasteiger partial charge in [0.25, 0.3) is 5.91 Å². The molecule has 0 fully saturated rings. The highest BCUT2D eigenvalue weighted by molar-refractivity contribution is 7.17. The molecular weight excluding hydrogens is 186 g/mol. The molecule has 1 heterocycles. The van der Waals surface area contributed by atoms with Gasteiger partial charge in [0.15, 0.2) is 5.13 Å². The Kier molecular flexibility index (Phi) is 2.87. The van der Waals surface area contributed by atoms with E-state index in [9.17, 15) is 4.79 Å². The summed E-state index contributed by atoms with van der Waals surface area (Å²) in [6.45, 7) is 4.41. The lowest BCUT2D eigenvalue weighted by Crippen LogP contribution is -2.25. The van der Waals surface area contributed by atoms with Gasteiger partial charge in [0.1, 0.15) is 4.88 Å². The van der Waals surface area contributed by atoms with Gasteiger partial charge in [0.05, 0.1) is 5.69 Å². The van der Waals surface area contributed by atoms with Crippen molar-refractivity contribution in [3.63, 3.8) is 0 Å². The number of aryl methyl sites for hydroxylation is 1. The molecule has 0 saturated carbocycles. The molecule has 13 heavy (non-hydrogen) atoms. The fraction of sp³-hybridized carbons (Fsp3) is 0.500. The topological polar surface area (TPSA) is 59.2 Å². The van der Waals surface area contributed by atoms with Crippen molar-refractivity contribution < 1.29 is 4.79 Å². The molecule has 5 heteroatoms. The minimum absolute atomic E-state index is 0.00537. The minimum Gasteiger partial charge on any atom is -0.375 e. The smallest absolute Gasteiger partial charge is 0.265 e. The van der Waals surface area contributed by atoms with Crippen LogP contribution in [0.25, 0.3) is 0 Å². The summed E-state index contributed by atoms with van der Waals surface area (Å²) in [6.07, 6.45) is 0. The van der Waals surface area contributed by atoms with Gasteiger partial charge in [0, 0.05) is 13.6 Å². The zero-order valence-corrected chi connectivity index (χ0v) is 8.81. The average Bonchev–Trinajstić information content (AvgIpc) is 2.42. The van der Waals surface area contributed by atoms with E-state index in [1.54, 1.807) is 18.9 Å². The number of carbonyl (C=O) groups is 1. The van der Waals surface area contributed by atoms with Gasteiger partial charge in [0.2, 0.25) is 0 Å². The maximum atomic E-state index is 11.7. The van der Waals surface area contributed by atoms with Crippen LogP contribution >= 0.6 is 11.3 Å². The molecule has 0 spiro atoms. The largest absolute Gasteiger partial charge is 0.375 e. The van der Waals surface area contributed by atoms with Crippen LogP contribution in [0.2, 0.25) is 0 Å². The zero-order chi connectivity index (χ0) is 10.0.